The third-order valence-corrected chi connectivity index (χ3v) is 4.52. The lowest BCUT2D eigenvalue weighted by atomic mass is 9.73. The van der Waals surface area contributed by atoms with Gasteiger partial charge in [0.05, 0.1) is 0 Å². The molecule has 1 saturated carbocycles. The maximum atomic E-state index is 12.0. The van der Waals surface area contributed by atoms with Crippen LogP contribution in [-0.2, 0) is 4.79 Å². The van der Waals surface area contributed by atoms with Crippen LogP contribution >= 0.6 is 12.4 Å². The lowest BCUT2D eigenvalue weighted by Crippen LogP contribution is -2.33. The van der Waals surface area contributed by atoms with Crippen molar-refractivity contribution in [2.75, 3.05) is 26.7 Å². The van der Waals surface area contributed by atoms with Gasteiger partial charge in [-0.1, -0.05) is 19.3 Å². The van der Waals surface area contributed by atoms with Crippen molar-refractivity contribution in [1.82, 2.24) is 10.2 Å². The first kappa shape index (κ1) is 15.8. The van der Waals surface area contributed by atoms with E-state index in [0.717, 1.165) is 32.5 Å². The summed E-state index contributed by atoms with van der Waals surface area (Å²) >= 11 is 0. The van der Waals surface area contributed by atoms with Crippen molar-refractivity contribution in [3.05, 3.63) is 0 Å². The van der Waals surface area contributed by atoms with E-state index in [4.69, 9.17) is 0 Å². The van der Waals surface area contributed by atoms with Gasteiger partial charge in [-0.05, 0) is 44.7 Å². The van der Waals surface area contributed by atoms with Crippen molar-refractivity contribution in [1.29, 1.82) is 0 Å². The molecule has 106 valence electrons. The van der Waals surface area contributed by atoms with E-state index in [0.29, 0.717) is 11.3 Å². The number of carbonyl (C=O) groups excluding carboxylic acids is 1. The van der Waals surface area contributed by atoms with Gasteiger partial charge in [-0.25, -0.2) is 0 Å². The highest BCUT2D eigenvalue weighted by Gasteiger charge is 2.39. The van der Waals surface area contributed by atoms with Gasteiger partial charge in [-0.2, -0.15) is 0 Å². The van der Waals surface area contributed by atoms with Crippen molar-refractivity contribution < 1.29 is 4.79 Å². The summed E-state index contributed by atoms with van der Waals surface area (Å²) < 4.78 is 0. The Morgan fingerprint density at radius 2 is 1.94 bits per heavy atom. The molecule has 0 aromatic carbocycles. The number of likely N-dealkylation sites (tertiary alicyclic amines) is 1. The van der Waals surface area contributed by atoms with Gasteiger partial charge in [0.25, 0.3) is 0 Å². The van der Waals surface area contributed by atoms with Gasteiger partial charge >= 0.3 is 0 Å². The first-order valence-corrected chi connectivity index (χ1v) is 7.18. The topological polar surface area (TPSA) is 32.3 Å². The Morgan fingerprint density at radius 3 is 2.61 bits per heavy atom. The second-order valence-electron chi connectivity index (χ2n) is 5.83. The molecule has 1 heterocycles. The molecule has 1 aliphatic heterocycles. The number of rotatable bonds is 4. The van der Waals surface area contributed by atoms with E-state index in [2.05, 4.69) is 10.2 Å². The predicted octanol–water partition coefficient (Wildman–Crippen LogP) is 2.59. The standard InChI is InChI=1S/C14H26N2O.ClH/c1-15-10-5-6-13(17)16-11-9-14(12-16)7-3-2-4-8-14;/h15H,2-12H2,1H3;1H. The van der Waals surface area contributed by atoms with Crippen LogP contribution in [0.4, 0.5) is 0 Å². The maximum Gasteiger partial charge on any atom is 0.222 e. The molecule has 1 spiro atoms. The van der Waals surface area contributed by atoms with Crippen molar-refractivity contribution in [3.63, 3.8) is 0 Å². The molecule has 0 radical (unpaired) electrons. The Bertz CT molecular complexity index is 265. The number of hydrogen-bond acceptors (Lipinski definition) is 2. The highest BCUT2D eigenvalue weighted by atomic mass is 35.5. The predicted molar refractivity (Wildman–Crippen MR) is 77.1 cm³/mol. The average molecular weight is 275 g/mol. The van der Waals surface area contributed by atoms with Crippen LogP contribution in [0.3, 0.4) is 0 Å². The van der Waals surface area contributed by atoms with Crippen LogP contribution < -0.4 is 5.32 Å². The molecule has 0 bridgehead atoms. The highest BCUT2D eigenvalue weighted by Crippen LogP contribution is 2.43. The molecule has 18 heavy (non-hydrogen) atoms. The van der Waals surface area contributed by atoms with Gasteiger partial charge in [-0.3, -0.25) is 4.79 Å². The van der Waals surface area contributed by atoms with E-state index >= 15 is 0 Å². The molecule has 0 aromatic heterocycles. The summed E-state index contributed by atoms with van der Waals surface area (Å²) in [4.78, 5) is 14.2. The smallest absolute Gasteiger partial charge is 0.222 e. The third kappa shape index (κ3) is 3.86. The van der Waals surface area contributed by atoms with Crippen LogP contribution in [0.2, 0.25) is 0 Å². The minimum absolute atomic E-state index is 0. The van der Waals surface area contributed by atoms with Gasteiger partial charge in [0.1, 0.15) is 0 Å². The quantitative estimate of drug-likeness (QED) is 0.800. The molecule has 2 rings (SSSR count). The Morgan fingerprint density at radius 1 is 1.22 bits per heavy atom. The minimum atomic E-state index is 0. The fraction of sp³-hybridized carbons (Fsp3) is 0.929. The number of nitrogens with zero attached hydrogens (tertiary/aromatic N) is 1. The van der Waals surface area contributed by atoms with E-state index in [-0.39, 0.29) is 12.4 Å². The van der Waals surface area contributed by atoms with Gasteiger partial charge in [0.2, 0.25) is 5.91 Å². The fourth-order valence-electron chi connectivity index (χ4n) is 3.43. The van der Waals surface area contributed by atoms with Crippen LogP contribution in [-0.4, -0.2) is 37.5 Å². The fourth-order valence-corrected chi connectivity index (χ4v) is 3.43. The Labute approximate surface area is 117 Å². The molecule has 2 aliphatic rings. The van der Waals surface area contributed by atoms with Crippen molar-refractivity contribution in [3.8, 4) is 0 Å². The monoisotopic (exact) mass is 274 g/mol. The van der Waals surface area contributed by atoms with Gasteiger partial charge in [0, 0.05) is 19.5 Å². The molecule has 4 heteroatoms. The van der Waals surface area contributed by atoms with E-state index in [9.17, 15) is 4.79 Å². The second-order valence-corrected chi connectivity index (χ2v) is 5.83. The zero-order chi connectivity index (χ0) is 12.1. The summed E-state index contributed by atoms with van der Waals surface area (Å²) in [6.07, 6.45) is 9.81. The van der Waals surface area contributed by atoms with E-state index < -0.39 is 0 Å². The van der Waals surface area contributed by atoms with Crippen molar-refractivity contribution >= 4 is 18.3 Å². The Kier molecular flexibility index (Phi) is 6.44. The Balaban J connectivity index is 0.00000162. The molecule has 0 unspecified atom stereocenters. The van der Waals surface area contributed by atoms with E-state index in [1.807, 2.05) is 7.05 Å². The van der Waals surface area contributed by atoms with E-state index in [1.165, 1.54) is 38.5 Å². The van der Waals surface area contributed by atoms with E-state index in [1.54, 1.807) is 0 Å². The van der Waals surface area contributed by atoms with Crippen LogP contribution in [0.5, 0.6) is 0 Å². The molecule has 3 nitrogen and oxygen atoms in total. The summed E-state index contributed by atoms with van der Waals surface area (Å²) in [5.41, 5.74) is 0.511. The number of nitrogens with one attached hydrogen (secondary N) is 1. The summed E-state index contributed by atoms with van der Waals surface area (Å²) in [7, 11) is 1.94. The molecule has 1 saturated heterocycles. The molecule has 1 amide bonds. The highest BCUT2D eigenvalue weighted by molar-refractivity contribution is 5.85. The van der Waals surface area contributed by atoms with Gasteiger partial charge < -0.3 is 10.2 Å². The number of carbonyl (C=O) groups is 1. The zero-order valence-corrected chi connectivity index (χ0v) is 12.4. The number of halogens is 1. The van der Waals surface area contributed by atoms with Crippen LogP contribution in [0.25, 0.3) is 0 Å². The lowest BCUT2D eigenvalue weighted by molar-refractivity contribution is -0.130. The average Bonchev–Trinajstić information content (AvgIpc) is 2.74. The van der Waals surface area contributed by atoms with Crippen molar-refractivity contribution in [2.24, 2.45) is 5.41 Å². The van der Waals surface area contributed by atoms with Crippen molar-refractivity contribution in [2.45, 2.75) is 51.4 Å². The number of amides is 1. The van der Waals surface area contributed by atoms with Crippen LogP contribution in [0.1, 0.15) is 51.4 Å². The number of hydrogen-bond donors (Lipinski definition) is 1. The molecular formula is C14H27ClN2O. The molecule has 1 aliphatic carbocycles. The first-order chi connectivity index (χ1) is 8.26. The SMILES string of the molecule is CNCCCC(=O)N1CCC2(CCCCC2)C1.Cl. The minimum Gasteiger partial charge on any atom is -0.342 e. The summed E-state index contributed by atoms with van der Waals surface area (Å²) in [6, 6.07) is 0. The maximum absolute atomic E-state index is 12.0. The van der Waals surface area contributed by atoms with Gasteiger partial charge in [0.15, 0.2) is 0 Å². The normalized spacial score (nSPS) is 21.9. The molecule has 0 aromatic rings. The molecule has 0 atom stereocenters. The van der Waals surface area contributed by atoms with Crippen LogP contribution in [0, 0.1) is 5.41 Å². The summed E-state index contributed by atoms with van der Waals surface area (Å²) in [5.74, 6) is 0.377. The van der Waals surface area contributed by atoms with Crippen LogP contribution in [0.15, 0.2) is 0 Å². The third-order valence-electron chi connectivity index (χ3n) is 4.52. The summed E-state index contributed by atoms with van der Waals surface area (Å²) in [6.45, 7) is 3.01. The zero-order valence-electron chi connectivity index (χ0n) is 11.5. The second kappa shape index (κ2) is 7.34. The van der Waals surface area contributed by atoms with Gasteiger partial charge in [-0.15, -0.1) is 12.4 Å². The Hall–Kier alpha value is -0.280. The lowest BCUT2D eigenvalue weighted by Gasteiger charge is -2.33. The molecule has 1 N–H and O–H groups in total. The molecular weight excluding hydrogens is 248 g/mol. The largest absolute Gasteiger partial charge is 0.342 e. The summed E-state index contributed by atoms with van der Waals surface area (Å²) in [5, 5.41) is 3.10. The first-order valence-electron chi connectivity index (χ1n) is 7.18. The molecule has 2 fully saturated rings.